The second-order valence-corrected chi connectivity index (χ2v) is 10.1. The van der Waals surface area contributed by atoms with E-state index in [1.807, 2.05) is 13.8 Å². The molecule has 2 aromatic carbocycles. The van der Waals surface area contributed by atoms with Gasteiger partial charge in [0.15, 0.2) is 0 Å². The van der Waals surface area contributed by atoms with E-state index in [0.717, 1.165) is 12.0 Å². The standard InChI is InChI=1S/C31H34ClNO6/c1-7-31(30(36)37,39-27(34)17-20(4)10-8-9-19(2)3)28-21(5)33(26-16-15-24(38-6)18-25(26)28)29(35)22-11-13-23(32)14-12-22/h9,11-18H,7-8,10H2,1-6H3,(H,36,37). The lowest BCUT2D eigenvalue weighted by Gasteiger charge is -2.29. The molecule has 0 fully saturated rings. The predicted molar refractivity (Wildman–Crippen MR) is 153 cm³/mol. The highest BCUT2D eigenvalue weighted by atomic mass is 35.5. The van der Waals surface area contributed by atoms with Crippen LogP contribution in [0.3, 0.4) is 0 Å². The number of esters is 1. The summed E-state index contributed by atoms with van der Waals surface area (Å²) < 4.78 is 12.6. The Morgan fingerprint density at radius 1 is 1.08 bits per heavy atom. The minimum absolute atomic E-state index is 0.0645. The van der Waals surface area contributed by atoms with Crippen molar-refractivity contribution in [3.63, 3.8) is 0 Å². The molecule has 0 aliphatic heterocycles. The molecular formula is C31H34ClNO6. The average Bonchev–Trinajstić information content (AvgIpc) is 3.17. The molecular weight excluding hydrogens is 518 g/mol. The van der Waals surface area contributed by atoms with E-state index in [9.17, 15) is 19.5 Å². The van der Waals surface area contributed by atoms with Gasteiger partial charge in [-0.05, 0) is 89.4 Å². The SMILES string of the molecule is CCC(OC(=O)C=C(C)CCC=C(C)C)(C(=O)O)c1c(C)n(C(=O)c2ccc(Cl)cc2)c2ccc(OC)cc12. The fourth-order valence-corrected chi connectivity index (χ4v) is 4.81. The molecule has 39 heavy (non-hydrogen) atoms. The van der Waals surface area contributed by atoms with Gasteiger partial charge in [-0.1, -0.05) is 35.7 Å². The van der Waals surface area contributed by atoms with Gasteiger partial charge < -0.3 is 14.6 Å². The molecule has 3 rings (SSSR count). The van der Waals surface area contributed by atoms with E-state index in [2.05, 4.69) is 6.08 Å². The number of carbonyl (C=O) groups is 3. The number of carboxylic acid groups (broad SMARTS) is 1. The Balaban J connectivity index is 2.20. The maximum atomic E-state index is 13.7. The van der Waals surface area contributed by atoms with Crippen LogP contribution in [0.15, 0.2) is 65.8 Å². The number of fused-ring (bicyclic) bond motifs is 1. The van der Waals surface area contributed by atoms with Crippen LogP contribution in [0.4, 0.5) is 0 Å². The molecule has 0 aliphatic carbocycles. The van der Waals surface area contributed by atoms with Crippen LogP contribution in [0.5, 0.6) is 5.75 Å². The summed E-state index contributed by atoms with van der Waals surface area (Å²) in [4.78, 5) is 39.7. The number of methoxy groups -OCH3 is 1. The molecule has 1 atom stereocenters. The Labute approximate surface area is 233 Å². The number of benzene rings is 2. The maximum Gasteiger partial charge on any atom is 0.353 e. The van der Waals surface area contributed by atoms with Crippen LogP contribution < -0.4 is 4.74 Å². The molecule has 1 heterocycles. The van der Waals surface area contributed by atoms with Crippen molar-refractivity contribution in [3.8, 4) is 5.75 Å². The van der Waals surface area contributed by atoms with E-state index in [1.165, 1.54) is 23.3 Å². The third kappa shape index (κ3) is 6.25. The highest BCUT2D eigenvalue weighted by Gasteiger charge is 2.47. The third-order valence-corrected chi connectivity index (χ3v) is 6.93. The molecule has 1 aromatic heterocycles. The van der Waals surface area contributed by atoms with E-state index >= 15 is 0 Å². The molecule has 0 radical (unpaired) electrons. The third-order valence-electron chi connectivity index (χ3n) is 6.68. The molecule has 1 N–H and O–H groups in total. The molecule has 1 unspecified atom stereocenters. The molecule has 0 saturated heterocycles. The Hall–Kier alpha value is -3.84. The van der Waals surface area contributed by atoms with Crippen LogP contribution in [0.1, 0.15) is 68.6 Å². The summed E-state index contributed by atoms with van der Waals surface area (Å²) in [6, 6.07) is 11.5. The van der Waals surface area contributed by atoms with Crippen LogP contribution >= 0.6 is 11.6 Å². The topological polar surface area (TPSA) is 94.8 Å². The van der Waals surface area contributed by atoms with Crippen molar-refractivity contribution >= 4 is 40.3 Å². The van der Waals surface area contributed by atoms with E-state index in [0.29, 0.717) is 39.4 Å². The van der Waals surface area contributed by atoms with Crippen molar-refractivity contribution in [2.24, 2.45) is 0 Å². The van der Waals surface area contributed by atoms with Gasteiger partial charge in [0.2, 0.25) is 5.60 Å². The van der Waals surface area contributed by atoms with Crippen LogP contribution in [0.25, 0.3) is 10.9 Å². The van der Waals surface area contributed by atoms with Gasteiger partial charge in [-0.2, -0.15) is 0 Å². The van der Waals surface area contributed by atoms with E-state index in [-0.39, 0.29) is 17.9 Å². The molecule has 8 heteroatoms. The summed E-state index contributed by atoms with van der Waals surface area (Å²) >= 11 is 6.01. The van der Waals surface area contributed by atoms with Gasteiger partial charge in [0.25, 0.3) is 5.91 Å². The molecule has 0 bridgehead atoms. The second kappa shape index (κ2) is 12.3. The molecule has 206 valence electrons. The number of ether oxygens (including phenoxy) is 2. The number of aliphatic carboxylic acids is 1. The van der Waals surface area contributed by atoms with Gasteiger partial charge in [-0.3, -0.25) is 9.36 Å². The summed E-state index contributed by atoms with van der Waals surface area (Å²) in [5.41, 5.74) is 1.30. The zero-order valence-electron chi connectivity index (χ0n) is 23.1. The minimum atomic E-state index is -2.05. The Morgan fingerprint density at radius 2 is 1.74 bits per heavy atom. The van der Waals surface area contributed by atoms with Crippen LogP contribution in [-0.2, 0) is 19.9 Å². The number of rotatable bonds is 10. The summed E-state index contributed by atoms with van der Waals surface area (Å²) in [5, 5.41) is 11.4. The first-order chi connectivity index (χ1) is 18.4. The molecule has 0 spiro atoms. The van der Waals surface area contributed by atoms with Crippen molar-refractivity contribution in [1.82, 2.24) is 4.57 Å². The monoisotopic (exact) mass is 551 g/mol. The van der Waals surface area contributed by atoms with Gasteiger partial charge in [0.05, 0.1) is 12.6 Å². The Morgan fingerprint density at radius 3 is 2.31 bits per heavy atom. The highest BCUT2D eigenvalue weighted by molar-refractivity contribution is 6.30. The lowest BCUT2D eigenvalue weighted by atomic mass is 9.88. The summed E-state index contributed by atoms with van der Waals surface area (Å²) in [5.74, 6) is -2.00. The summed E-state index contributed by atoms with van der Waals surface area (Å²) in [6.07, 6.45) is 4.73. The van der Waals surface area contributed by atoms with Crippen molar-refractivity contribution in [2.45, 2.75) is 59.5 Å². The van der Waals surface area contributed by atoms with Crippen LogP contribution in [0.2, 0.25) is 5.02 Å². The van der Waals surface area contributed by atoms with Gasteiger partial charge in [0.1, 0.15) is 5.75 Å². The molecule has 3 aromatic rings. The van der Waals surface area contributed by atoms with Crippen LogP contribution in [0, 0.1) is 6.92 Å². The molecule has 7 nitrogen and oxygen atoms in total. The quantitative estimate of drug-likeness (QED) is 0.162. The second-order valence-electron chi connectivity index (χ2n) is 9.71. The average molecular weight is 552 g/mol. The zero-order chi connectivity index (χ0) is 28.9. The number of halogens is 1. The van der Waals surface area contributed by atoms with Crippen molar-refractivity contribution in [2.75, 3.05) is 7.11 Å². The fourth-order valence-electron chi connectivity index (χ4n) is 4.68. The van der Waals surface area contributed by atoms with E-state index in [1.54, 1.807) is 63.2 Å². The summed E-state index contributed by atoms with van der Waals surface area (Å²) in [6.45, 7) is 9.09. The van der Waals surface area contributed by atoms with E-state index < -0.39 is 17.5 Å². The molecule has 0 aliphatic rings. The van der Waals surface area contributed by atoms with Gasteiger partial charge in [-0.15, -0.1) is 0 Å². The number of aromatic nitrogens is 1. The zero-order valence-corrected chi connectivity index (χ0v) is 23.9. The molecule has 0 saturated carbocycles. The van der Waals surface area contributed by atoms with E-state index in [4.69, 9.17) is 21.1 Å². The largest absolute Gasteiger partial charge is 0.497 e. The predicted octanol–water partition coefficient (Wildman–Crippen LogP) is 7.23. The lowest BCUT2D eigenvalue weighted by Crippen LogP contribution is -2.40. The Kier molecular flexibility index (Phi) is 9.41. The highest BCUT2D eigenvalue weighted by Crippen LogP contribution is 2.41. The number of hydrogen-bond acceptors (Lipinski definition) is 5. The lowest BCUT2D eigenvalue weighted by molar-refractivity contribution is -0.177. The molecule has 0 amide bonds. The normalized spacial score (nSPS) is 13.1. The first kappa shape index (κ1) is 29.7. The smallest absolute Gasteiger partial charge is 0.353 e. The first-order valence-corrected chi connectivity index (χ1v) is 13.1. The van der Waals surface area contributed by atoms with Crippen molar-refractivity contribution in [1.29, 1.82) is 0 Å². The number of hydrogen-bond donors (Lipinski definition) is 1. The fraction of sp³-hybridized carbons (Fsp3) is 0.323. The van der Waals surface area contributed by atoms with Gasteiger partial charge in [-0.25, -0.2) is 9.59 Å². The van der Waals surface area contributed by atoms with Crippen LogP contribution in [-0.4, -0.2) is 34.6 Å². The number of allylic oxidation sites excluding steroid dienone is 3. The van der Waals surface area contributed by atoms with Crippen molar-refractivity contribution < 1.29 is 29.0 Å². The number of nitrogens with zero attached hydrogens (tertiary/aromatic N) is 1. The van der Waals surface area contributed by atoms with Gasteiger partial charge >= 0.3 is 11.9 Å². The van der Waals surface area contributed by atoms with Crippen molar-refractivity contribution in [3.05, 3.63) is 87.6 Å². The number of carboxylic acids is 1. The van der Waals surface area contributed by atoms with Gasteiger partial charge in [0, 0.05) is 33.3 Å². The maximum absolute atomic E-state index is 13.7. The summed E-state index contributed by atoms with van der Waals surface area (Å²) in [7, 11) is 1.50. The first-order valence-electron chi connectivity index (χ1n) is 12.7. The number of carbonyl (C=O) groups excluding carboxylic acids is 2. The Bertz CT molecular complexity index is 1460. The minimum Gasteiger partial charge on any atom is -0.497 e.